The first-order chi connectivity index (χ1) is 10.1. The largest absolute Gasteiger partial charge is 0.481 e. The molecular weight excluding hydrogens is 284 g/mol. The molecule has 0 amide bonds. The van der Waals surface area contributed by atoms with Crippen molar-refractivity contribution in [2.75, 3.05) is 5.75 Å². The number of aliphatic carboxylic acids is 1. The van der Waals surface area contributed by atoms with E-state index in [0.29, 0.717) is 5.92 Å². The zero-order valence-corrected chi connectivity index (χ0v) is 13.1. The minimum atomic E-state index is -0.820. The number of hydrogen-bond donors (Lipinski definition) is 1. The van der Waals surface area contributed by atoms with Crippen LogP contribution in [0.25, 0.3) is 11.3 Å². The summed E-state index contributed by atoms with van der Waals surface area (Å²) < 4.78 is 2.13. The van der Waals surface area contributed by atoms with Gasteiger partial charge in [-0.1, -0.05) is 55.9 Å². The van der Waals surface area contributed by atoms with Crippen molar-refractivity contribution in [3.63, 3.8) is 0 Å². The zero-order valence-electron chi connectivity index (χ0n) is 12.3. The Morgan fingerprint density at radius 2 is 2.05 bits per heavy atom. The molecule has 0 spiro atoms. The third-order valence-electron chi connectivity index (χ3n) is 3.14. The molecule has 0 saturated heterocycles. The molecule has 2 aromatic rings. The number of benzene rings is 1. The number of thioether (sulfide) groups is 1. The highest BCUT2D eigenvalue weighted by molar-refractivity contribution is 7.99. The third-order valence-corrected chi connectivity index (χ3v) is 4.12. The SMILES string of the molecule is CC(C)CCn1c(-c2ccccc2)cnc1SCC(=O)O. The number of hydrogen-bond acceptors (Lipinski definition) is 3. The summed E-state index contributed by atoms with van der Waals surface area (Å²) >= 11 is 1.27. The first kappa shape index (κ1) is 15.6. The normalized spacial score (nSPS) is 11.0. The Hall–Kier alpha value is -1.75. The van der Waals surface area contributed by atoms with Crippen LogP contribution in [0.1, 0.15) is 20.3 Å². The van der Waals surface area contributed by atoms with E-state index in [9.17, 15) is 4.79 Å². The maximum absolute atomic E-state index is 10.8. The van der Waals surface area contributed by atoms with E-state index in [1.54, 1.807) is 0 Å². The Labute approximate surface area is 129 Å². The number of carboxylic acid groups (broad SMARTS) is 1. The molecule has 21 heavy (non-hydrogen) atoms. The maximum Gasteiger partial charge on any atom is 0.313 e. The number of imidazole rings is 1. The predicted molar refractivity (Wildman–Crippen MR) is 85.5 cm³/mol. The van der Waals surface area contributed by atoms with E-state index in [-0.39, 0.29) is 5.75 Å². The van der Waals surface area contributed by atoms with Gasteiger partial charge < -0.3 is 9.67 Å². The van der Waals surface area contributed by atoms with Crippen LogP contribution in [0.2, 0.25) is 0 Å². The molecule has 4 nitrogen and oxygen atoms in total. The van der Waals surface area contributed by atoms with Gasteiger partial charge in [-0.05, 0) is 17.9 Å². The fourth-order valence-corrected chi connectivity index (χ4v) is 2.77. The number of nitrogens with zero attached hydrogens (tertiary/aromatic N) is 2. The van der Waals surface area contributed by atoms with E-state index in [4.69, 9.17) is 5.11 Å². The molecular formula is C16H20N2O2S. The molecule has 1 heterocycles. The summed E-state index contributed by atoms with van der Waals surface area (Å²) in [7, 11) is 0. The molecule has 0 bridgehead atoms. The molecule has 0 unspecified atom stereocenters. The molecule has 5 heteroatoms. The molecule has 0 aliphatic rings. The average molecular weight is 304 g/mol. The van der Waals surface area contributed by atoms with Crippen molar-refractivity contribution in [3.05, 3.63) is 36.5 Å². The lowest BCUT2D eigenvalue weighted by atomic mass is 10.1. The Morgan fingerprint density at radius 1 is 1.33 bits per heavy atom. The summed E-state index contributed by atoms with van der Waals surface area (Å²) in [4.78, 5) is 15.2. The van der Waals surface area contributed by atoms with Gasteiger partial charge in [-0.15, -0.1) is 0 Å². The van der Waals surface area contributed by atoms with E-state index < -0.39 is 5.97 Å². The van der Waals surface area contributed by atoms with E-state index in [0.717, 1.165) is 29.4 Å². The van der Waals surface area contributed by atoms with E-state index in [1.807, 2.05) is 24.4 Å². The molecule has 1 aromatic heterocycles. The van der Waals surface area contributed by atoms with Crippen LogP contribution in [0.3, 0.4) is 0 Å². The first-order valence-electron chi connectivity index (χ1n) is 7.03. The Balaban J connectivity index is 2.29. The first-order valence-corrected chi connectivity index (χ1v) is 8.02. The zero-order chi connectivity index (χ0) is 15.2. The summed E-state index contributed by atoms with van der Waals surface area (Å²) in [5.74, 6) is -0.194. The highest BCUT2D eigenvalue weighted by atomic mass is 32.2. The van der Waals surface area contributed by atoms with Gasteiger partial charge in [0.1, 0.15) is 0 Å². The molecule has 2 rings (SSSR count). The van der Waals surface area contributed by atoms with Crippen molar-refractivity contribution in [1.29, 1.82) is 0 Å². The summed E-state index contributed by atoms with van der Waals surface area (Å²) in [5.41, 5.74) is 2.15. The third kappa shape index (κ3) is 4.36. The lowest BCUT2D eigenvalue weighted by Gasteiger charge is -2.13. The minimum absolute atomic E-state index is 0.0346. The van der Waals surface area contributed by atoms with E-state index in [2.05, 4.69) is 35.5 Å². The summed E-state index contributed by atoms with van der Waals surface area (Å²) in [6, 6.07) is 10.1. The molecule has 0 fully saturated rings. The van der Waals surface area contributed by atoms with Crippen LogP contribution in [0.5, 0.6) is 0 Å². The lowest BCUT2D eigenvalue weighted by Crippen LogP contribution is -2.06. The second-order valence-corrected chi connectivity index (χ2v) is 6.25. The van der Waals surface area contributed by atoms with Crippen LogP contribution in [-0.2, 0) is 11.3 Å². The van der Waals surface area contributed by atoms with Gasteiger partial charge in [0.2, 0.25) is 0 Å². The van der Waals surface area contributed by atoms with Gasteiger partial charge >= 0.3 is 5.97 Å². The number of aromatic nitrogens is 2. The van der Waals surface area contributed by atoms with Crippen LogP contribution < -0.4 is 0 Å². The van der Waals surface area contributed by atoms with Gasteiger partial charge in [-0.25, -0.2) is 4.98 Å². The molecule has 0 aliphatic heterocycles. The van der Waals surface area contributed by atoms with Crippen molar-refractivity contribution in [2.24, 2.45) is 5.92 Å². The standard InChI is InChI=1S/C16H20N2O2S/c1-12(2)8-9-18-14(13-6-4-3-5-7-13)10-17-16(18)21-11-15(19)20/h3-7,10,12H,8-9,11H2,1-2H3,(H,19,20). The quantitative estimate of drug-likeness (QED) is 0.791. The van der Waals surface area contributed by atoms with E-state index >= 15 is 0 Å². The van der Waals surface area contributed by atoms with Gasteiger partial charge in [0.15, 0.2) is 5.16 Å². The van der Waals surface area contributed by atoms with Crippen molar-refractivity contribution in [1.82, 2.24) is 9.55 Å². The molecule has 112 valence electrons. The molecule has 0 radical (unpaired) electrons. The van der Waals surface area contributed by atoms with Gasteiger partial charge in [0, 0.05) is 6.54 Å². The Kier molecular flexibility index (Phi) is 5.44. The van der Waals surface area contributed by atoms with Crippen LogP contribution in [0.4, 0.5) is 0 Å². The highest BCUT2D eigenvalue weighted by Crippen LogP contribution is 2.26. The Bertz CT molecular complexity index is 594. The molecule has 0 aliphatic carbocycles. The van der Waals surface area contributed by atoms with Gasteiger partial charge in [0.05, 0.1) is 17.6 Å². The van der Waals surface area contributed by atoms with E-state index in [1.165, 1.54) is 11.8 Å². The summed E-state index contributed by atoms with van der Waals surface area (Å²) in [6.07, 6.45) is 2.87. The van der Waals surface area contributed by atoms with Crippen LogP contribution >= 0.6 is 11.8 Å². The topological polar surface area (TPSA) is 55.1 Å². The monoisotopic (exact) mass is 304 g/mol. The molecule has 1 aromatic carbocycles. The maximum atomic E-state index is 10.8. The fourth-order valence-electron chi connectivity index (χ4n) is 2.04. The van der Waals surface area contributed by atoms with Crippen LogP contribution in [0.15, 0.2) is 41.7 Å². The summed E-state index contributed by atoms with van der Waals surface area (Å²) in [6.45, 7) is 5.22. The Morgan fingerprint density at radius 3 is 2.67 bits per heavy atom. The van der Waals surface area contributed by atoms with Crippen molar-refractivity contribution >= 4 is 17.7 Å². The second-order valence-electron chi connectivity index (χ2n) is 5.31. The van der Waals surface area contributed by atoms with Gasteiger partial charge in [0.25, 0.3) is 0 Å². The highest BCUT2D eigenvalue weighted by Gasteiger charge is 2.13. The predicted octanol–water partition coefficient (Wildman–Crippen LogP) is 3.77. The van der Waals surface area contributed by atoms with Crippen LogP contribution in [-0.4, -0.2) is 26.4 Å². The molecule has 1 N–H and O–H groups in total. The lowest BCUT2D eigenvalue weighted by molar-refractivity contribution is -0.133. The average Bonchev–Trinajstić information content (AvgIpc) is 2.86. The molecule has 0 atom stereocenters. The molecule has 0 saturated carbocycles. The number of rotatable bonds is 7. The number of carboxylic acids is 1. The summed E-state index contributed by atoms with van der Waals surface area (Å²) in [5, 5.41) is 9.62. The second kappa shape index (κ2) is 7.31. The van der Waals surface area contributed by atoms with Crippen molar-refractivity contribution < 1.29 is 9.90 Å². The van der Waals surface area contributed by atoms with Crippen molar-refractivity contribution in [2.45, 2.75) is 32.0 Å². The number of carbonyl (C=O) groups is 1. The van der Waals surface area contributed by atoms with Crippen LogP contribution in [0, 0.1) is 5.92 Å². The fraction of sp³-hybridized carbons (Fsp3) is 0.375. The van der Waals surface area contributed by atoms with Gasteiger partial charge in [-0.3, -0.25) is 4.79 Å². The minimum Gasteiger partial charge on any atom is -0.481 e. The smallest absolute Gasteiger partial charge is 0.313 e. The van der Waals surface area contributed by atoms with Gasteiger partial charge in [-0.2, -0.15) is 0 Å². The van der Waals surface area contributed by atoms with Crippen molar-refractivity contribution in [3.8, 4) is 11.3 Å².